The maximum Gasteiger partial charge on any atom is 0.270 e. The monoisotopic (exact) mass is 300 g/mol. The second-order valence-corrected chi connectivity index (χ2v) is 5.57. The van der Waals surface area contributed by atoms with Crippen LogP contribution in [0.25, 0.3) is 0 Å². The van der Waals surface area contributed by atoms with Gasteiger partial charge in [0.15, 0.2) is 0 Å². The molecule has 22 heavy (non-hydrogen) atoms. The second-order valence-electron chi connectivity index (χ2n) is 5.57. The summed E-state index contributed by atoms with van der Waals surface area (Å²) >= 11 is 0. The van der Waals surface area contributed by atoms with Crippen LogP contribution in [0.2, 0.25) is 0 Å². The van der Waals surface area contributed by atoms with E-state index in [4.69, 9.17) is 4.42 Å². The molecular weight excluding hydrogens is 280 g/mol. The summed E-state index contributed by atoms with van der Waals surface area (Å²) in [5.74, 6) is 1.80. The van der Waals surface area contributed by atoms with E-state index in [1.54, 1.807) is 25.3 Å². The summed E-state index contributed by atoms with van der Waals surface area (Å²) in [6.07, 6.45) is 6.39. The highest BCUT2D eigenvalue weighted by molar-refractivity contribution is 5.92. The van der Waals surface area contributed by atoms with Gasteiger partial charge in [0.05, 0.1) is 12.8 Å². The molecule has 0 aliphatic heterocycles. The number of aromatic nitrogens is 2. The molecule has 0 atom stereocenters. The van der Waals surface area contributed by atoms with Crippen LogP contribution < -0.4 is 10.6 Å². The molecule has 0 aromatic carbocycles. The smallest absolute Gasteiger partial charge is 0.270 e. The first kappa shape index (κ1) is 14.6. The molecule has 1 amide bonds. The SMILES string of the molecule is Cc1nc(NC2CCCC2)cc(C(=O)NCc2ccco2)n1. The van der Waals surface area contributed by atoms with Crippen LogP contribution in [-0.4, -0.2) is 21.9 Å². The number of carbonyl (C=O) groups is 1. The van der Waals surface area contributed by atoms with Crippen LogP contribution in [0.15, 0.2) is 28.9 Å². The van der Waals surface area contributed by atoms with Crippen LogP contribution in [0.1, 0.15) is 47.8 Å². The molecule has 0 radical (unpaired) electrons. The summed E-state index contributed by atoms with van der Waals surface area (Å²) in [5.41, 5.74) is 0.375. The number of rotatable bonds is 5. The number of furan rings is 1. The minimum atomic E-state index is -0.226. The van der Waals surface area contributed by atoms with E-state index < -0.39 is 0 Å². The van der Waals surface area contributed by atoms with Crippen molar-refractivity contribution in [2.45, 2.75) is 45.2 Å². The largest absolute Gasteiger partial charge is 0.467 e. The number of hydrogen-bond acceptors (Lipinski definition) is 5. The van der Waals surface area contributed by atoms with Crippen LogP contribution in [0.3, 0.4) is 0 Å². The second kappa shape index (κ2) is 6.60. The Hall–Kier alpha value is -2.37. The summed E-state index contributed by atoms with van der Waals surface area (Å²) in [6.45, 7) is 2.14. The minimum absolute atomic E-state index is 0.226. The van der Waals surface area contributed by atoms with Crippen molar-refractivity contribution in [3.63, 3.8) is 0 Å². The molecule has 116 valence electrons. The topological polar surface area (TPSA) is 80.0 Å². The van der Waals surface area contributed by atoms with Gasteiger partial charge < -0.3 is 15.1 Å². The van der Waals surface area contributed by atoms with Crippen molar-refractivity contribution in [1.82, 2.24) is 15.3 Å². The summed E-state index contributed by atoms with van der Waals surface area (Å²) in [7, 11) is 0. The van der Waals surface area contributed by atoms with Crippen LogP contribution >= 0.6 is 0 Å². The normalized spacial score (nSPS) is 15.0. The molecule has 0 unspecified atom stereocenters. The van der Waals surface area contributed by atoms with E-state index in [0.717, 1.165) is 18.7 Å². The van der Waals surface area contributed by atoms with Crippen molar-refractivity contribution in [3.8, 4) is 0 Å². The van der Waals surface area contributed by atoms with Gasteiger partial charge in [0.1, 0.15) is 23.1 Å². The predicted octanol–water partition coefficient (Wildman–Crippen LogP) is 2.66. The van der Waals surface area contributed by atoms with Gasteiger partial charge in [-0.3, -0.25) is 4.79 Å². The molecule has 2 heterocycles. The highest BCUT2D eigenvalue weighted by Crippen LogP contribution is 2.21. The maximum absolute atomic E-state index is 12.2. The molecule has 2 aromatic heterocycles. The van der Waals surface area contributed by atoms with Crippen LogP contribution in [-0.2, 0) is 6.54 Å². The van der Waals surface area contributed by atoms with Gasteiger partial charge in [-0.25, -0.2) is 9.97 Å². The fourth-order valence-corrected chi connectivity index (χ4v) is 2.71. The molecule has 1 aliphatic carbocycles. The van der Waals surface area contributed by atoms with E-state index in [1.807, 2.05) is 6.07 Å². The maximum atomic E-state index is 12.2. The van der Waals surface area contributed by atoms with Gasteiger partial charge in [0, 0.05) is 12.1 Å². The lowest BCUT2D eigenvalue weighted by atomic mass is 10.2. The van der Waals surface area contributed by atoms with Gasteiger partial charge in [-0.1, -0.05) is 12.8 Å². The zero-order valence-corrected chi connectivity index (χ0v) is 12.6. The van der Waals surface area contributed by atoms with Crippen LogP contribution in [0, 0.1) is 6.92 Å². The van der Waals surface area contributed by atoms with Crippen molar-refractivity contribution in [1.29, 1.82) is 0 Å². The van der Waals surface area contributed by atoms with Gasteiger partial charge in [0.25, 0.3) is 5.91 Å². The average molecular weight is 300 g/mol. The third kappa shape index (κ3) is 3.63. The number of carbonyl (C=O) groups excluding carboxylic acids is 1. The van der Waals surface area contributed by atoms with Crippen molar-refractivity contribution >= 4 is 11.7 Å². The fraction of sp³-hybridized carbons (Fsp3) is 0.438. The zero-order chi connectivity index (χ0) is 15.4. The Morgan fingerprint density at radius 2 is 2.18 bits per heavy atom. The summed E-state index contributed by atoms with van der Waals surface area (Å²) in [6, 6.07) is 5.77. The number of nitrogens with one attached hydrogen (secondary N) is 2. The third-order valence-electron chi connectivity index (χ3n) is 3.78. The minimum Gasteiger partial charge on any atom is -0.467 e. The van der Waals surface area contributed by atoms with E-state index in [9.17, 15) is 4.79 Å². The van der Waals surface area contributed by atoms with Gasteiger partial charge >= 0.3 is 0 Å². The van der Waals surface area contributed by atoms with E-state index >= 15 is 0 Å². The Kier molecular flexibility index (Phi) is 4.37. The van der Waals surface area contributed by atoms with E-state index in [1.165, 1.54) is 12.8 Å². The number of hydrogen-bond donors (Lipinski definition) is 2. The third-order valence-corrected chi connectivity index (χ3v) is 3.78. The van der Waals surface area contributed by atoms with Gasteiger partial charge in [-0.15, -0.1) is 0 Å². The predicted molar refractivity (Wildman–Crippen MR) is 82.5 cm³/mol. The molecule has 3 rings (SSSR count). The standard InChI is InChI=1S/C16H20N4O2/c1-11-18-14(16(21)17-10-13-7-4-8-22-13)9-15(19-11)20-12-5-2-3-6-12/h4,7-9,12H,2-3,5-6,10H2,1H3,(H,17,21)(H,18,19,20). The molecule has 0 bridgehead atoms. The lowest BCUT2D eigenvalue weighted by Crippen LogP contribution is -2.25. The zero-order valence-electron chi connectivity index (χ0n) is 12.6. The van der Waals surface area contributed by atoms with Crippen molar-refractivity contribution < 1.29 is 9.21 Å². The number of amides is 1. The molecule has 0 saturated heterocycles. The number of aryl methyl sites for hydroxylation is 1. The summed E-state index contributed by atoms with van der Waals surface area (Å²) in [5, 5.41) is 6.20. The van der Waals surface area contributed by atoms with E-state index in [-0.39, 0.29) is 5.91 Å². The van der Waals surface area contributed by atoms with Crippen molar-refractivity contribution in [2.24, 2.45) is 0 Å². The quantitative estimate of drug-likeness (QED) is 0.887. The molecule has 0 spiro atoms. The number of nitrogens with zero attached hydrogens (tertiary/aromatic N) is 2. The van der Waals surface area contributed by atoms with Crippen LogP contribution in [0.4, 0.5) is 5.82 Å². The average Bonchev–Trinajstić information content (AvgIpc) is 3.17. The summed E-state index contributed by atoms with van der Waals surface area (Å²) in [4.78, 5) is 20.8. The lowest BCUT2D eigenvalue weighted by Gasteiger charge is -2.13. The summed E-state index contributed by atoms with van der Waals surface area (Å²) < 4.78 is 5.20. The Morgan fingerprint density at radius 3 is 2.91 bits per heavy atom. The first-order valence-corrected chi connectivity index (χ1v) is 7.63. The highest BCUT2D eigenvalue weighted by atomic mass is 16.3. The Balaban J connectivity index is 1.66. The lowest BCUT2D eigenvalue weighted by molar-refractivity contribution is 0.0942. The van der Waals surface area contributed by atoms with Gasteiger partial charge in [-0.2, -0.15) is 0 Å². The van der Waals surface area contributed by atoms with Crippen molar-refractivity contribution in [3.05, 3.63) is 41.7 Å². The van der Waals surface area contributed by atoms with Crippen LogP contribution in [0.5, 0.6) is 0 Å². The molecule has 2 aromatic rings. The molecule has 1 fully saturated rings. The first-order valence-electron chi connectivity index (χ1n) is 7.63. The molecular formula is C16H20N4O2. The molecule has 1 aliphatic rings. The Labute approximate surface area is 129 Å². The first-order chi connectivity index (χ1) is 10.7. The van der Waals surface area contributed by atoms with Gasteiger partial charge in [-0.05, 0) is 31.9 Å². The highest BCUT2D eigenvalue weighted by Gasteiger charge is 2.17. The molecule has 6 nitrogen and oxygen atoms in total. The number of anilines is 1. The van der Waals surface area contributed by atoms with Gasteiger partial charge in [0.2, 0.25) is 0 Å². The fourth-order valence-electron chi connectivity index (χ4n) is 2.71. The van der Waals surface area contributed by atoms with E-state index in [2.05, 4.69) is 20.6 Å². The Morgan fingerprint density at radius 1 is 1.36 bits per heavy atom. The molecule has 2 N–H and O–H groups in total. The Bertz CT molecular complexity index is 634. The molecule has 1 saturated carbocycles. The van der Waals surface area contributed by atoms with E-state index in [0.29, 0.717) is 29.9 Å². The molecule has 6 heteroatoms. The van der Waals surface area contributed by atoms with Crippen molar-refractivity contribution in [2.75, 3.05) is 5.32 Å².